The highest BCUT2D eigenvalue weighted by atomic mass is 35.5. The van der Waals surface area contributed by atoms with Crippen molar-refractivity contribution < 1.29 is 38.1 Å². The standard InChI is InChI=1S/C51H60Cl2N12O9S/c1-29-30(2)75-50-43(29)44(32-7-9-35(52)10-8-32)59-38(47-62-61-31(3)65(47)50)26-41(66)55-13-17-71-19-21-73-22-20-72-18-14-56-48(68)33-11-15-64(16-12-33)51-57-27-37(53)46(60-51)58-36-23-34-24-40(74-28-42(67)54-4)49(69)63(5)45(34)39(25-36)70-6/h7-10,23-25,27,33,38H,11-22,26,28H2,1-6H3,(H,54,67)(H,55,66)(H,56,68)(H,57,58,60)/t38-/m0/s1. The van der Waals surface area contributed by atoms with Crippen LogP contribution in [0.4, 0.5) is 17.5 Å². The minimum absolute atomic E-state index is 0.00926. The fourth-order valence-electron chi connectivity index (χ4n) is 8.77. The second-order valence-corrected chi connectivity index (χ2v) is 19.8. The molecule has 0 bridgehead atoms. The van der Waals surface area contributed by atoms with Gasteiger partial charge in [-0.1, -0.05) is 35.3 Å². The number of benzene rings is 2. The maximum Gasteiger partial charge on any atom is 0.293 e. The molecule has 0 radical (unpaired) electrons. The average molecular weight is 1090 g/mol. The number of ether oxygens (including phenoxy) is 5. The fraction of sp³-hybridized carbons (Fsp3) is 0.431. The molecule has 8 rings (SSSR count). The molecule has 0 unspecified atom stereocenters. The van der Waals surface area contributed by atoms with Gasteiger partial charge in [-0.15, -0.1) is 21.5 Å². The third-order valence-electron chi connectivity index (χ3n) is 12.8. The molecule has 4 N–H and O–H groups in total. The van der Waals surface area contributed by atoms with E-state index >= 15 is 0 Å². The van der Waals surface area contributed by atoms with E-state index in [4.69, 9.17) is 56.9 Å². The summed E-state index contributed by atoms with van der Waals surface area (Å²) in [5.41, 5.74) is 4.51. The van der Waals surface area contributed by atoms with Gasteiger partial charge in [-0.3, -0.25) is 28.7 Å². The number of fused-ring (bicyclic) bond motifs is 4. The van der Waals surface area contributed by atoms with Crippen molar-refractivity contribution in [3.63, 3.8) is 0 Å². The van der Waals surface area contributed by atoms with Crippen LogP contribution in [-0.4, -0.2) is 139 Å². The van der Waals surface area contributed by atoms with Crippen LogP contribution in [0.2, 0.25) is 10.0 Å². The number of methoxy groups -OCH3 is 1. The zero-order valence-corrected chi connectivity index (χ0v) is 44.9. The number of pyridine rings is 1. The lowest BCUT2D eigenvalue weighted by molar-refractivity contribution is -0.126. The molecule has 0 spiro atoms. The van der Waals surface area contributed by atoms with Gasteiger partial charge >= 0.3 is 0 Å². The van der Waals surface area contributed by atoms with Crippen molar-refractivity contribution in [3.05, 3.63) is 102 Å². The molecule has 2 aromatic carbocycles. The highest BCUT2D eigenvalue weighted by Gasteiger charge is 2.33. The number of thiophene rings is 1. The summed E-state index contributed by atoms with van der Waals surface area (Å²) >= 11 is 14.5. The Bertz CT molecular complexity index is 3120. The van der Waals surface area contributed by atoms with E-state index in [9.17, 15) is 19.2 Å². The van der Waals surface area contributed by atoms with Crippen LogP contribution in [0.1, 0.15) is 58.5 Å². The monoisotopic (exact) mass is 1090 g/mol. The number of carbonyl (C=O) groups excluding carboxylic acids is 3. The molecule has 0 saturated carbocycles. The molecule has 3 amide bonds. The lowest BCUT2D eigenvalue weighted by Gasteiger charge is -2.31. The number of piperidine rings is 1. The second-order valence-electron chi connectivity index (χ2n) is 17.8. The van der Waals surface area contributed by atoms with Crippen molar-refractivity contribution >= 4 is 86.3 Å². The molecule has 21 nitrogen and oxygen atoms in total. The van der Waals surface area contributed by atoms with Crippen LogP contribution < -0.4 is 41.2 Å². The number of nitrogens with zero attached hydrogens (tertiary/aromatic N) is 8. The Morgan fingerprint density at radius 1 is 0.867 bits per heavy atom. The van der Waals surface area contributed by atoms with Crippen molar-refractivity contribution in [3.8, 4) is 16.5 Å². The molecule has 0 aliphatic carbocycles. The highest BCUT2D eigenvalue weighted by Crippen LogP contribution is 2.40. The Labute approximate surface area is 447 Å². The van der Waals surface area contributed by atoms with Crippen molar-refractivity contribution in [1.82, 2.24) is 45.2 Å². The summed E-state index contributed by atoms with van der Waals surface area (Å²) in [7, 11) is 4.59. The van der Waals surface area contributed by atoms with Gasteiger partial charge in [0.15, 0.2) is 24.0 Å². The molecule has 75 heavy (non-hydrogen) atoms. The predicted molar refractivity (Wildman–Crippen MR) is 287 cm³/mol. The van der Waals surface area contributed by atoms with Gasteiger partial charge in [-0.05, 0) is 63.4 Å². The third-order valence-corrected chi connectivity index (χ3v) is 14.6. The first kappa shape index (κ1) is 54.6. The minimum Gasteiger partial charge on any atom is -0.494 e. The largest absolute Gasteiger partial charge is 0.494 e. The maximum atomic E-state index is 13.3. The number of halogens is 2. The Kier molecular flexibility index (Phi) is 18.4. The Hall–Kier alpha value is -6.69. The molecule has 6 heterocycles. The molecule has 1 saturated heterocycles. The van der Waals surface area contributed by atoms with E-state index in [2.05, 4.69) is 50.3 Å². The zero-order chi connectivity index (χ0) is 53.2. The lowest BCUT2D eigenvalue weighted by atomic mass is 9.96. The normalized spacial score (nSPS) is 14.4. The van der Waals surface area contributed by atoms with E-state index in [-0.39, 0.29) is 47.4 Å². The zero-order valence-electron chi connectivity index (χ0n) is 42.6. The van der Waals surface area contributed by atoms with E-state index < -0.39 is 11.6 Å². The van der Waals surface area contributed by atoms with Gasteiger partial charge in [0, 0.05) is 84.4 Å². The molecule has 2 aliphatic heterocycles. The van der Waals surface area contributed by atoms with Gasteiger partial charge in [0.2, 0.25) is 17.8 Å². The number of hydrogen-bond donors (Lipinski definition) is 4. The van der Waals surface area contributed by atoms with Crippen molar-refractivity contribution in [2.24, 2.45) is 18.0 Å². The SMILES string of the molecule is CNC(=O)COc1cc2cc(Nc3nc(N4CCC(C(=O)NCCOCCOCCOCCNC(=O)C[C@@H]5N=C(c6ccc(Cl)cc6)c6c(sc(C)c6C)-n6c(C)nnc65)CC4)ncc3Cl)cc(OC)c2n(C)c1=O. The summed E-state index contributed by atoms with van der Waals surface area (Å²) in [6, 6.07) is 12.1. The summed E-state index contributed by atoms with van der Waals surface area (Å²) in [5, 5.41) is 23.0. The molecule has 1 atom stereocenters. The molecule has 4 aromatic heterocycles. The van der Waals surface area contributed by atoms with Crippen LogP contribution in [0.5, 0.6) is 11.5 Å². The van der Waals surface area contributed by atoms with Crippen molar-refractivity contribution in [2.75, 3.05) is 96.8 Å². The Balaban J connectivity index is 0.703. The van der Waals surface area contributed by atoms with E-state index in [1.54, 1.807) is 36.6 Å². The number of rotatable bonds is 23. The van der Waals surface area contributed by atoms with E-state index in [0.717, 1.165) is 33.2 Å². The number of aromatic nitrogens is 6. The highest BCUT2D eigenvalue weighted by molar-refractivity contribution is 7.15. The van der Waals surface area contributed by atoms with Crippen LogP contribution in [0.3, 0.4) is 0 Å². The van der Waals surface area contributed by atoms with Crippen LogP contribution in [-0.2, 0) is 35.6 Å². The molecule has 398 valence electrons. The molecule has 6 aromatic rings. The molecular weight excluding hydrogens is 1030 g/mol. The van der Waals surface area contributed by atoms with Gasteiger partial charge in [0.05, 0.1) is 70.6 Å². The summed E-state index contributed by atoms with van der Waals surface area (Å²) in [5.74, 6) is 1.83. The quantitative estimate of drug-likeness (QED) is 0.0575. The van der Waals surface area contributed by atoms with Crippen LogP contribution in [0, 0.1) is 26.7 Å². The van der Waals surface area contributed by atoms with Gasteiger partial charge in [-0.25, -0.2) is 4.98 Å². The van der Waals surface area contributed by atoms with Crippen LogP contribution in [0.15, 0.2) is 58.4 Å². The summed E-state index contributed by atoms with van der Waals surface area (Å²) in [6.45, 7) is 9.67. The Morgan fingerprint density at radius 3 is 2.25 bits per heavy atom. The third kappa shape index (κ3) is 13.1. The average Bonchev–Trinajstić information content (AvgIpc) is 3.90. The number of carbonyl (C=O) groups is 3. The number of nitrogens with one attached hydrogen (secondary N) is 4. The molecule has 2 aliphatic rings. The van der Waals surface area contributed by atoms with E-state index in [1.165, 1.54) is 29.8 Å². The predicted octanol–water partition coefficient (Wildman–Crippen LogP) is 5.56. The first-order chi connectivity index (χ1) is 36.2. The first-order valence-electron chi connectivity index (χ1n) is 24.5. The van der Waals surface area contributed by atoms with Crippen molar-refractivity contribution in [2.45, 2.75) is 46.1 Å². The number of anilines is 3. The van der Waals surface area contributed by atoms with Gasteiger partial charge < -0.3 is 54.4 Å². The Morgan fingerprint density at radius 2 is 1.56 bits per heavy atom. The number of hydrogen-bond acceptors (Lipinski definition) is 17. The molecule has 1 fully saturated rings. The number of aryl methyl sites for hydroxylation is 3. The summed E-state index contributed by atoms with van der Waals surface area (Å²) in [6.07, 6.45) is 2.82. The molecular formula is C51H60Cl2N12O9S. The van der Waals surface area contributed by atoms with Gasteiger partial charge in [0.25, 0.3) is 11.5 Å². The smallest absolute Gasteiger partial charge is 0.293 e. The second kappa shape index (κ2) is 25.2. The van der Waals surface area contributed by atoms with E-state index in [1.807, 2.05) is 40.7 Å². The van der Waals surface area contributed by atoms with Gasteiger partial charge in [-0.2, -0.15) is 4.98 Å². The fourth-order valence-corrected chi connectivity index (χ4v) is 10.2. The topological polar surface area (TPSA) is 240 Å². The maximum absolute atomic E-state index is 13.3. The summed E-state index contributed by atoms with van der Waals surface area (Å²) < 4.78 is 31.6. The summed E-state index contributed by atoms with van der Waals surface area (Å²) in [4.78, 5) is 68.6. The number of aliphatic imine (C=N–C) groups is 1. The van der Waals surface area contributed by atoms with E-state index in [0.29, 0.717) is 124 Å². The number of likely N-dealkylation sites (N-methyl/N-ethyl adjacent to an activating group) is 1. The van der Waals surface area contributed by atoms with Crippen molar-refractivity contribution in [1.29, 1.82) is 0 Å². The lowest BCUT2D eigenvalue weighted by Crippen LogP contribution is -2.42. The first-order valence-corrected chi connectivity index (χ1v) is 26.1. The van der Waals surface area contributed by atoms with Crippen LogP contribution >= 0.6 is 34.5 Å². The van der Waals surface area contributed by atoms with Gasteiger partial charge in [0.1, 0.15) is 27.6 Å². The number of amides is 3. The van der Waals surface area contributed by atoms with Crippen LogP contribution in [0.25, 0.3) is 15.9 Å². The molecule has 24 heteroatoms. The minimum atomic E-state index is -0.563.